The minimum absolute atomic E-state index is 0.152. The zero-order chi connectivity index (χ0) is 21.1. The summed E-state index contributed by atoms with van der Waals surface area (Å²) in [6.45, 7) is -0.152. The Bertz CT molecular complexity index is 1270. The average molecular weight is 425 g/mol. The zero-order valence-corrected chi connectivity index (χ0v) is 16.2. The summed E-state index contributed by atoms with van der Waals surface area (Å²) < 4.78 is 25.1. The van der Waals surface area contributed by atoms with E-state index in [2.05, 4.69) is 4.98 Å². The van der Waals surface area contributed by atoms with Crippen molar-refractivity contribution in [3.63, 3.8) is 0 Å². The Balaban J connectivity index is 1.41. The predicted octanol–water partition coefficient (Wildman–Crippen LogP) is 4.64. The molecule has 4 rings (SSSR count). The van der Waals surface area contributed by atoms with Crippen LogP contribution in [-0.2, 0) is 11.3 Å². The Morgan fingerprint density at radius 1 is 1.00 bits per heavy atom. The summed E-state index contributed by atoms with van der Waals surface area (Å²) >= 11 is 5.88. The fraction of sp³-hybridized carbons (Fsp3) is 0.0455. The number of benzene rings is 2. The van der Waals surface area contributed by atoms with Gasteiger partial charge in [0.05, 0.1) is 16.3 Å². The van der Waals surface area contributed by atoms with Gasteiger partial charge in [0.15, 0.2) is 0 Å². The monoisotopic (exact) mass is 424 g/mol. The summed E-state index contributed by atoms with van der Waals surface area (Å²) in [5, 5.41) is 0.414. The Morgan fingerprint density at radius 3 is 2.37 bits per heavy atom. The van der Waals surface area contributed by atoms with Gasteiger partial charge in [-0.3, -0.25) is 9.20 Å². The molecule has 150 valence electrons. The average Bonchev–Trinajstić information content (AvgIpc) is 2.75. The molecule has 2 heterocycles. The van der Waals surface area contributed by atoms with Crippen LogP contribution < -0.4 is 10.3 Å². The van der Waals surface area contributed by atoms with Crippen molar-refractivity contribution in [3.8, 4) is 11.5 Å². The molecule has 0 fully saturated rings. The van der Waals surface area contributed by atoms with Gasteiger partial charge in [-0.2, -0.15) is 0 Å². The Labute approximate surface area is 175 Å². The smallest absolute Gasteiger partial charge is 0.338 e. The third kappa shape index (κ3) is 4.47. The van der Waals surface area contributed by atoms with E-state index in [1.165, 1.54) is 40.9 Å². The quantitative estimate of drug-likeness (QED) is 0.437. The molecule has 0 radical (unpaired) electrons. The van der Waals surface area contributed by atoms with E-state index in [0.29, 0.717) is 33.4 Å². The van der Waals surface area contributed by atoms with Gasteiger partial charge in [0.1, 0.15) is 29.6 Å². The van der Waals surface area contributed by atoms with Gasteiger partial charge < -0.3 is 9.47 Å². The Hall–Kier alpha value is -3.71. The molecule has 0 atom stereocenters. The summed E-state index contributed by atoms with van der Waals surface area (Å²) in [7, 11) is 0. The van der Waals surface area contributed by atoms with Gasteiger partial charge in [-0.05, 0) is 60.7 Å². The summed E-state index contributed by atoms with van der Waals surface area (Å²) in [6, 6.07) is 16.4. The molecule has 0 aliphatic heterocycles. The standard InChI is InChI=1S/C22H14ClFN2O4/c23-15-3-10-20-25-17(11-21(27)26(20)12-15)13-29-22(28)14-1-6-18(7-2-14)30-19-8-4-16(24)5-9-19/h1-12H,13H2. The lowest BCUT2D eigenvalue weighted by Crippen LogP contribution is -2.16. The predicted molar refractivity (Wildman–Crippen MR) is 109 cm³/mol. The number of fused-ring (bicyclic) bond motifs is 1. The maximum atomic E-state index is 12.9. The number of carbonyl (C=O) groups is 1. The molecule has 8 heteroatoms. The number of carbonyl (C=O) groups excluding carboxylic acids is 1. The molecule has 2 aromatic heterocycles. The Morgan fingerprint density at radius 2 is 1.67 bits per heavy atom. The number of hydrogen-bond donors (Lipinski definition) is 0. The molecule has 4 aromatic rings. The number of rotatable bonds is 5. The minimum Gasteiger partial charge on any atom is -0.457 e. The van der Waals surface area contributed by atoms with Crippen molar-refractivity contribution in [3.05, 3.63) is 105 Å². The lowest BCUT2D eigenvalue weighted by Gasteiger charge is -2.08. The highest BCUT2D eigenvalue weighted by molar-refractivity contribution is 6.30. The molecule has 0 saturated heterocycles. The van der Waals surface area contributed by atoms with Crippen molar-refractivity contribution < 1.29 is 18.7 Å². The molecule has 0 saturated carbocycles. The van der Waals surface area contributed by atoms with Gasteiger partial charge >= 0.3 is 5.97 Å². The second-order valence-electron chi connectivity index (χ2n) is 6.32. The van der Waals surface area contributed by atoms with Crippen LogP contribution in [0.5, 0.6) is 11.5 Å². The van der Waals surface area contributed by atoms with Crippen LogP contribution in [0.15, 0.2) is 77.7 Å². The van der Waals surface area contributed by atoms with Crippen molar-refractivity contribution in [1.82, 2.24) is 9.38 Å². The largest absolute Gasteiger partial charge is 0.457 e. The van der Waals surface area contributed by atoms with Gasteiger partial charge in [-0.15, -0.1) is 0 Å². The first-order valence-electron chi connectivity index (χ1n) is 8.86. The van der Waals surface area contributed by atoms with Gasteiger partial charge in [-0.1, -0.05) is 11.6 Å². The molecule has 30 heavy (non-hydrogen) atoms. The molecule has 0 aliphatic rings. The van der Waals surface area contributed by atoms with Crippen molar-refractivity contribution in [2.45, 2.75) is 6.61 Å². The van der Waals surface area contributed by atoms with Gasteiger partial charge in [0.2, 0.25) is 0 Å². The van der Waals surface area contributed by atoms with Crippen LogP contribution in [0.1, 0.15) is 16.1 Å². The molecular formula is C22H14ClFN2O4. The normalized spacial score (nSPS) is 10.7. The number of aromatic nitrogens is 2. The van der Waals surface area contributed by atoms with Gasteiger partial charge in [0.25, 0.3) is 5.56 Å². The van der Waals surface area contributed by atoms with E-state index in [1.807, 2.05) is 0 Å². The van der Waals surface area contributed by atoms with Crippen LogP contribution >= 0.6 is 11.6 Å². The molecule has 0 amide bonds. The second kappa shape index (κ2) is 8.34. The molecule has 0 unspecified atom stereocenters. The molecule has 0 aliphatic carbocycles. The number of nitrogens with zero attached hydrogens (tertiary/aromatic N) is 2. The molecule has 0 N–H and O–H groups in total. The van der Waals surface area contributed by atoms with E-state index < -0.39 is 5.97 Å². The molecule has 2 aromatic carbocycles. The highest BCUT2D eigenvalue weighted by atomic mass is 35.5. The first-order chi connectivity index (χ1) is 14.5. The minimum atomic E-state index is -0.568. The molecule has 0 bridgehead atoms. The highest BCUT2D eigenvalue weighted by Gasteiger charge is 2.10. The number of hydrogen-bond acceptors (Lipinski definition) is 5. The van der Waals surface area contributed by atoms with E-state index in [1.54, 1.807) is 36.4 Å². The number of halogens is 2. The maximum Gasteiger partial charge on any atom is 0.338 e. The van der Waals surface area contributed by atoms with Crippen LogP contribution in [0.2, 0.25) is 5.02 Å². The van der Waals surface area contributed by atoms with Crippen LogP contribution in [0, 0.1) is 5.82 Å². The lowest BCUT2D eigenvalue weighted by molar-refractivity contribution is 0.0467. The third-order valence-corrected chi connectivity index (χ3v) is 4.39. The van der Waals surface area contributed by atoms with E-state index in [4.69, 9.17) is 21.1 Å². The lowest BCUT2D eigenvalue weighted by atomic mass is 10.2. The van der Waals surface area contributed by atoms with Crippen molar-refractivity contribution in [2.24, 2.45) is 0 Å². The highest BCUT2D eigenvalue weighted by Crippen LogP contribution is 2.22. The van der Waals surface area contributed by atoms with Gasteiger partial charge in [-0.25, -0.2) is 14.2 Å². The van der Waals surface area contributed by atoms with E-state index in [9.17, 15) is 14.0 Å². The fourth-order valence-corrected chi connectivity index (χ4v) is 2.88. The van der Waals surface area contributed by atoms with Crippen LogP contribution in [0.3, 0.4) is 0 Å². The first kappa shape index (κ1) is 19.6. The van der Waals surface area contributed by atoms with Crippen molar-refractivity contribution in [2.75, 3.05) is 0 Å². The fourth-order valence-electron chi connectivity index (χ4n) is 2.72. The third-order valence-electron chi connectivity index (χ3n) is 4.17. The van der Waals surface area contributed by atoms with Crippen molar-refractivity contribution in [1.29, 1.82) is 0 Å². The van der Waals surface area contributed by atoms with E-state index in [-0.39, 0.29) is 18.0 Å². The second-order valence-corrected chi connectivity index (χ2v) is 6.75. The maximum absolute atomic E-state index is 12.9. The topological polar surface area (TPSA) is 69.9 Å². The number of ether oxygens (including phenoxy) is 2. The number of esters is 1. The first-order valence-corrected chi connectivity index (χ1v) is 9.24. The van der Waals surface area contributed by atoms with Crippen LogP contribution in [-0.4, -0.2) is 15.4 Å². The van der Waals surface area contributed by atoms with Crippen molar-refractivity contribution >= 4 is 23.2 Å². The van der Waals surface area contributed by atoms with E-state index >= 15 is 0 Å². The summed E-state index contributed by atoms with van der Waals surface area (Å²) in [6.07, 6.45) is 1.47. The summed E-state index contributed by atoms with van der Waals surface area (Å²) in [5.41, 5.74) is 0.716. The zero-order valence-electron chi connectivity index (χ0n) is 15.4. The van der Waals surface area contributed by atoms with Gasteiger partial charge in [0, 0.05) is 12.3 Å². The SMILES string of the molecule is O=C(OCc1cc(=O)n2cc(Cl)ccc2n1)c1ccc(Oc2ccc(F)cc2)cc1. The Kier molecular flexibility index (Phi) is 5.45. The summed E-state index contributed by atoms with van der Waals surface area (Å²) in [4.78, 5) is 28.7. The van der Waals surface area contributed by atoms with Crippen LogP contribution in [0.25, 0.3) is 5.65 Å². The van der Waals surface area contributed by atoms with Crippen LogP contribution in [0.4, 0.5) is 4.39 Å². The summed E-state index contributed by atoms with van der Waals surface area (Å²) in [5.74, 6) is 0.0389. The van der Waals surface area contributed by atoms with E-state index in [0.717, 1.165) is 0 Å². The molecular weight excluding hydrogens is 411 g/mol. The number of pyridine rings is 1. The molecule has 0 spiro atoms. The molecule has 6 nitrogen and oxygen atoms in total.